The quantitative estimate of drug-likeness (QED) is 0.481. The lowest BCUT2D eigenvalue weighted by Gasteiger charge is -2.40. The number of allylic oxidation sites excluding steroid dienone is 2. The zero-order valence-corrected chi connectivity index (χ0v) is 13.2. The molecule has 3 saturated carbocycles. The Labute approximate surface area is 130 Å². The first kappa shape index (κ1) is 15.2. The van der Waals surface area contributed by atoms with Crippen molar-refractivity contribution in [1.29, 1.82) is 0 Å². The first-order valence-electron chi connectivity index (χ1n) is 8.08. The van der Waals surface area contributed by atoms with Crippen molar-refractivity contribution >= 4 is 11.1 Å². The van der Waals surface area contributed by atoms with Gasteiger partial charge in [0.1, 0.15) is 0 Å². The summed E-state index contributed by atoms with van der Waals surface area (Å²) in [5, 5.41) is 0. The van der Waals surface area contributed by atoms with Crippen LogP contribution in [0.4, 0.5) is 13.2 Å². The summed E-state index contributed by atoms with van der Waals surface area (Å²) in [5.74, 6) is 3.19. The highest BCUT2D eigenvalue weighted by Gasteiger charge is 2.64. The van der Waals surface area contributed by atoms with E-state index in [4.69, 9.17) is 0 Å². The van der Waals surface area contributed by atoms with Crippen molar-refractivity contribution in [2.24, 2.45) is 41.4 Å². The Bertz CT molecular complexity index is 546. The molecule has 4 rings (SSSR count). The van der Waals surface area contributed by atoms with Gasteiger partial charge in [-0.1, -0.05) is 12.2 Å². The van der Waals surface area contributed by atoms with E-state index in [0.29, 0.717) is 35.5 Å². The van der Waals surface area contributed by atoms with E-state index >= 15 is 0 Å². The van der Waals surface area contributed by atoms with Gasteiger partial charge in [0.15, 0.2) is 15.8 Å². The van der Waals surface area contributed by atoms with Crippen LogP contribution in [0.1, 0.15) is 32.6 Å². The van der Waals surface area contributed by atoms with Gasteiger partial charge in [-0.15, -0.1) is 0 Å². The van der Waals surface area contributed by atoms with Crippen LogP contribution in [0.25, 0.3) is 0 Å². The molecule has 0 saturated heterocycles. The van der Waals surface area contributed by atoms with E-state index in [0.717, 1.165) is 19.8 Å². The lowest BCUT2D eigenvalue weighted by molar-refractivity contribution is -0.163. The van der Waals surface area contributed by atoms with E-state index in [1.807, 2.05) is 0 Å². The molecule has 4 aliphatic carbocycles. The SMILES string of the molecule is CC(CC1CC2CC1C1C3C=CC(C3)C21)(S(=O)O)C(F)(F)F. The van der Waals surface area contributed by atoms with E-state index < -0.39 is 22.0 Å². The maximum atomic E-state index is 13.3. The number of hydrogen-bond donors (Lipinski definition) is 1. The van der Waals surface area contributed by atoms with E-state index in [1.165, 1.54) is 6.42 Å². The fourth-order valence-corrected chi connectivity index (χ4v) is 6.73. The van der Waals surface area contributed by atoms with Crippen LogP contribution in [0.5, 0.6) is 0 Å². The van der Waals surface area contributed by atoms with Crippen LogP contribution >= 0.6 is 0 Å². The number of alkyl halides is 3. The minimum absolute atomic E-state index is 0.0540. The Balaban J connectivity index is 1.56. The van der Waals surface area contributed by atoms with Crippen molar-refractivity contribution in [3.8, 4) is 0 Å². The summed E-state index contributed by atoms with van der Waals surface area (Å²) < 4.78 is 58.1. The highest BCUT2D eigenvalue weighted by Crippen LogP contribution is 2.68. The molecule has 0 amide bonds. The van der Waals surface area contributed by atoms with E-state index in [9.17, 15) is 21.9 Å². The van der Waals surface area contributed by atoms with Crippen molar-refractivity contribution in [2.45, 2.75) is 43.5 Å². The summed E-state index contributed by atoms with van der Waals surface area (Å²) >= 11 is -2.88. The number of halogens is 3. The molecule has 4 aliphatic rings. The van der Waals surface area contributed by atoms with Crippen molar-refractivity contribution in [2.75, 3.05) is 0 Å². The summed E-state index contributed by atoms with van der Waals surface area (Å²) in [6, 6.07) is 0. The highest BCUT2D eigenvalue weighted by atomic mass is 32.2. The van der Waals surface area contributed by atoms with Gasteiger partial charge in [-0.3, -0.25) is 0 Å². The molecule has 2 nitrogen and oxygen atoms in total. The molecule has 4 bridgehead atoms. The second-order valence-corrected chi connectivity index (χ2v) is 9.34. The Morgan fingerprint density at radius 1 is 1.14 bits per heavy atom. The number of hydrogen-bond acceptors (Lipinski definition) is 1. The van der Waals surface area contributed by atoms with Gasteiger partial charge in [-0.2, -0.15) is 13.2 Å². The van der Waals surface area contributed by atoms with Gasteiger partial charge < -0.3 is 4.55 Å². The van der Waals surface area contributed by atoms with E-state index in [2.05, 4.69) is 12.2 Å². The number of rotatable bonds is 3. The van der Waals surface area contributed by atoms with Gasteiger partial charge in [-0.25, -0.2) is 4.21 Å². The fourth-order valence-electron chi connectivity index (χ4n) is 6.17. The summed E-state index contributed by atoms with van der Waals surface area (Å²) in [5.41, 5.74) is 0. The van der Waals surface area contributed by atoms with Crippen LogP contribution in [0.3, 0.4) is 0 Å². The zero-order chi connectivity index (χ0) is 15.9. The third kappa shape index (κ3) is 1.86. The molecule has 0 aromatic rings. The molecule has 124 valence electrons. The third-order valence-electron chi connectivity index (χ3n) is 7.04. The summed E-state index contributed by atoms with van der Waals surface area (Å²) in [6.07, 6.45) is 2.75. The average molecular weight is 334 g/mol. The predicted octanol–water partition coefficient (Wildman–Crippen LogP) is 4.01. The summed E-state index contributed by atoms with van der Waals surface area (Å²) in [6.45, 7) is 0.910. The second kappa shape index (κ2) is 4.59. The molecule has 0 aromatic carbocycles. The maximum absolute atomic E-state index is 13.3. The van der Waals surface area contributed by atoms with Crippen molar-refractivity contribution in [3.05, 3.63) is 12.2 Å². The van der Waals surface area contributed by atoms with Crippen molar-refractivity contribution in [1.82, 2.24) is 0 Å². The zero-order valence-electron chi connectivity index (χ0n) is 12.4. The van der Waals surface area contributed by atoms with Crippen LogP contribution in [-0.2, 0) is 11.1 Å². The monoisotopic (exact) mass is 334 g/mol. The normalized spacial score (nSPS) is 49.4. The second-order valence-electron chi connectivity index (χ2n) is 7.94. The molecule has 22 heavy (non-hydrogen) atoms. The Hall–Kier alpha value is -0.360. The Morgan fingerprint density at radius 2 is 1.77 bits per heavy atom. The largest absolute Gasteiger partial charge is 0.407 e. The standard InChI is InChI=1S/C16H21F3O2S/c1-15(22(20)21,16(17,18)19)7-11-5-10-6-12(11)14-9-3-2-8(4-9)13(10)14/h2-3,8-14H,4-7H2,1H3,(H,20,21). The Morgan fingerprint density at radius 3 is 2.36 bits per heavy atom. The van der Waals surface area contributed by atoms with Crippen LogP contribution in [0.15, 0.2) is 12.2 Å². The maximum Gasteiger partial charge on any atom is 0.407 e. The molecule has 0 radical (unpaired) electrons. The van der Waals surface area contributed by atoms with Crippen LogP contribution in [0, 0.1) is 41.4 Å². The number of fused-ring (bicyclic) bond motifs is 9. The van der Waals surface area contributed by atoms with Gasteiger partial charge in [-0.05, 0) is 74.0 Å². The van der Waals surface area contributed by atoms with Gasteiger partial charge in [0.25, 0.3) is 0 Å². The topological polar surface area (TPSA) is 37.3 Å². The van der Waals surface area contributed by atoms with Crippen molar-refractivity contribution < 1.29 is 21.9 Å². The smallest absolute Gasteiger partial charge is 0.305 e. The lowest BCUT2D eigenvalue weighted by Crippen LogP contribution is -2.48. The molecule has 3 fully saturated rings. The molecular formula is C16H21F3O2S. The average Bonchev–Trinajstić information content (AvgIpc) is 3.15. The van der Waals surface area contributed by atoms with Gasteiger partial charge in [0, 0.05) is 0 Å². The molecule has 0 aliphatic heterocycles. The van der Waals surface area contributed by atoms with Crippen LogP contribution < -0.4 is 0 Å². The molecule has 0 heterocycles. The lowest BCUT2D eigenvalue weighted by atomic mass is 9.67. The molecule has 1 N–H and O–H groups in total. The van der Waals surface area contributed by atoms with E-state index in [-0.39, 0.29) is 12.3 Å². The van der Waals surface area contributed by atoms with Crippen molar-refractivity contribution in [3.63, 3.8) is 0 Å². The first-order chi connectivity index (χ1) is 10.2. The van der Waals surface area contributed by atoms with Gasteiger partial charge >= 0.3 is 6.18 Å². The van der Waals surface area contributed by atoms with Gasteiger partial charge in [0.2, 0.25) is 0 Å². The molecular weight excluding hydrogens is 313 g/mol. The predicted molar refractivity (Wildman–Crippen MR) is 77.3 cm³/mol. The molecule has 0 spiro atoms. The minimum Gasteiger partial charge on any atom is -0.305 e. The van der Waals surface area contributed by atoms with Crippen LogP contribution in [-0.4, -0.2) is 19.7 Å². The third-order valence-corrected chi connectivity index (χ3v) is 8.21. The minimum atomic E-state index is -4.64. The van der Waals surface area contributed by atoms with Gasteiger partial charge in [0.05, 0.1) is 0 Å². The van der Waals surface area contributed by atoms with Crippen LogP contribution in [0.2, 0.25) is 0 Å². The fraction of sp³-hybridized carbons (Fsp3) is 0.875. The molecule has 9 atom stereocenters. The summed E-state index contributed by atoms with van der Waals surface area (Å²) in [7, 11) is 0. The molecule has 0 aromatic heterocycles. The molecule has 6 heteroatoms. The first-order valence-corrected chi connectivity index (χ1v) is 9.19. The summed E-state index contributed by atoms with van der Waals surface area (Å²) in [4.78, 5) is 0. The highest BCUT2D eigenvalue weighted by molar-refractivity contribution is 7.80. The molecule has 9 unspecified atom stereocenters. The Kier molecular flexibility index (Phi) is 3.17. The van der Waals surface area contributed by atoms with E-state index in [1.54, 1.807) is 0 Å².